The number of hydrogen-bond acceptors (Lipinski definition) is 6. The first-order valence-electron chi connectivity index (χ1n) is 11.2. The first-order valence-corrected chi connectivity index (χ1v) is 12.9. The number of esters is 1. The smallest absolute Gasteiger partial charge is 0.338 e. The zero-order valence-electron chi connectivity index (χ0n) is 19.4. The number of benzene rings is 1. The molecule has 3 amide bonds. The molecule has 2 aliphatic heterocycles. The van der Waals surface area contributed by atoms with E-state index in [0.29, 0.717) is 59.6 Å². The fourth-order valence-corrected chi connectivity index (χ4v) is 5.45. The third-order valence-corrected chi connectivity index (χ3v) is 7.53. The Morgan fingerprint density at radius 2 is 1.91 bits per heavy atom. The zero-order valence-corrected chi connectivity index (χ0v) is 21.8. The van der Waals surface area contributed by atoms with E-state index in [-0.39, 0.29) is 18.5 Å². The van der Waals surface area contributed by atoms with Gasteiger partial charge in [0.05, 0.1) is 23.1 Å². The molecule has 35 heavy (non-hydrogen) atoms. The summed E-state index contributed by atoms with van der Waals surface area (Å²) in [6.07, 6.45) is 0. The number of amides is 3. The van der Waals surface area contributed by atoms with Crippen LogP contribution < -0.4 is 5.32 Å². The number of urea groups is 1. The summed E-state index contributed by atoms with van der Waals surface area (Å²) in [4.78, 5) is 44.8. The standard InChI is InChI=1S/C24H26Cl2N4O4S/c1-3-34-23(32)20-18(14-29-8-10-30(11-9-29)22(31)19-5-4-12-35-19)28(2)24(33)27-21(20)16-7-6-15(25)13-17(16)26/h4-7,12-13,21H,3,8-11,14H2,1-2H3,(H,27,33). The molecular weight excluding hydrogens is 511 g/mol. The van der Waals surface area contributed by atoms with Gasteiger partial charge in [-0.3, -0.25) is 14.6 Å². The number of hydrogen-bond donors (Lipinski definition) is 1. The highest BCUT2D eigenvalue weighted by molar-refractivity contribution is 7.12. The average molecular weight is 537 g/mol. The second-order valence-electron chi connectivity index (χ2n) is 8.23. The van der Waals surface area contributed by atoms with E-state index in [1.54, 1.807) is 32.2 Å². The lowest BCUT2D eigenvalue weighted by atomic mass is 9.94. The molecule has 0 saturated carbocycles. The van der Waals surface area contributed by atoms with Crippen molar-refractivity contribution in [3.63, 3.8) is 0 Å². The molecule has 1 saturated heterocycles. The van der Waals surface area contributed by atoms with Crippen LogP contribution in [0.5, 0.6) is 0 Å². The molecule has 1 N–H and O–H groups in total. The Bertz CT molecular complexity index is 1150. The number of nitrogens with zero attached hydrogens (tertiary/aromatic N) is 3. The predicted molar refractivity (Wildman–Crippen MR) is 136 cm³/mol. The number of piperazine rings is 1. The van der Waals surface area contributed by atoms with Crippen LogP contribution in [0.4, 0.5) is 4.79 Å². The van der Waals surface area contributed by atoms with Crippen LogP contribution in [0.15, 0.2) is 47.0 Å². The van der Waals surface area contributed by atoms with E-state index in [4.69, 9.17) is 27.9 Å². The fraction of sp³-hybridized carbons (Fsp3) is 0.375. The molecule has 0 radical (unpaired) electrons. The molecule has 1 aromatic heterocycles. The lowest BCUT2D eigenvalue weighted by molar-refractivity contribution is -0.139. The summed E-state index contributed by atoms with van der Waals surface area (Å²) in [7, 11) is 1.63. The van der Waals surface area contributed by atoms with Gasteiger partial charge in [-0.25, -0.2) is 9.59 Å². The summed E-state index contributed by atoms with van der Waals surface area (Å²) in [6, 6.07) is 7.51. The van der Waals surface area contributed by atoms with E-state index in [2.05, 4.69) is 10.2 Å². The van der Waals surface area contributed by atoms with Gasteiger partial charge in [0.25, 0.3) is 5.91 Å². The van der Waals surface area contributed by atoms with E-state index >= 15 is 0 Å². The maximum absolute atomic E-state index is 13.1. The van der Waals surface area contributed by atoms with Crippen LogP contribution in [-0.4, -0.2) is 79.0 Å². The molecule has 0 aliphatic carbocycles. The summed E-state index contributed by atoms with van der Waals surface area (Å²) in [5.41, 5.74) is 1.43. The van der Waals surface area contributed by atoms with Gasteiger partial charge in [-0.05, 0) is 36.1 Å². The number of carbonyl (C=O) groups excluding carboxylic acids is 3. The molecule has 8 nitrogen and oxygen atoms in total. The largest absolute Gasteiger partial charge is 0.463 e. The zero-order chi connectivity index (χ0) is 25.1. The highest BCUT2D eigenvalue weighted by Gasteiger charge is 2.38. The van der Waals surface area contributed by atoms with Gasteiger partial charge < -0.3 is 15.0 Å². The van der Waals surface area contributed by atoms with Crippen molar-refractivity contribution < 1.29 is 19.1 Å². The first-order chi connectivity index (χ1) is 16.8. The third-order valence-electron chi connectivity index (χ3n) is 6.11. The number of ether oxygens (including phenoxy) is 1. The molecule has 1 unspecified atom stereocenters. The van der Waals surface area contributed by atoms with Gasteiger partial charge in [0, 0.05) is 55.5 Å². The van der Waals surface area contributed by atoms with Crippen molar-refractivity contribution in [2.75, 3.05) is 46.4 Å². The van der Waals surface area contributed by atoms with Crippen molar-refractivity contribution in [3.8, 4) is 0 Å². The predicted octanol–water partition coefficient (Wildman–Crippen LogP) is 4.03. The van der Waals surface area contributed by atoms with E-state index in [0.717, 1.165) is 4.88 Å². The van der Waals surface area contributed by atoms with Crippen molar-refractivity contribution in [2.24, 2.45) is 0 Å². The molecule has 2 aliphatic rings. The van der Waals surface area contributed by atoms with Crippen molar-refractivity contribution in [1.29, 1.82) is 0 Å². The van der Waals surface area contributed by atoms with E-state index < -0.39 is 12.0 Å². The van der Waals surface area contributed by atoms with Gasteiger partial charge >= 0.3 is 12.0 Å². The third kappa shape index (κ3) is 5.48. The maximum Gasteiger partial charge on any atom is 0.338 e. The first kappa shape index (κ1) is 25.5. The summed E-state index contributed by atoms with van der Waals surface area (Å²) >= 11 is 13.9. The van der Waals surface area contributed by atoms with Crippen molar-refractivity contribution in [3.05, 3.63) is 67.5 Å². The van der Waals surface area contributed by atoms with Gasteiger partial charge in [0.1, 0.15) is 0 Å². The highest BCUT2D eigenvalue weighted by Crippen LogP contribution is 2.36. The van der Waals surface area contributed by atoms with E-state index in [1.165, 1.54) is 16.2 Å². The fourth-order valence-electron chi connectivity index (χ4n) is 4.24. The Balaban J connectivity index is 1.61. The topological polar surface area (TPSA) is 82.2 Å². The lowest BCUT2D eigenvalue weighted by Crippen LogP contribution is -2.53. The maximum atomic E-state index is 13.1. The van der Waals surface area contributed by atoms with Gasteiger partial charge in [-0.1, -0.05) is 35.3 Å². The molecule has 0 spiro atoms. The second kappa shape index (κ2) is 11.0. The molecule has 0 bridgehead atoms. The highest BCUT2D eigenvalue weighted by atomic mass is 35.5. The summed E-state index contributed by atoms with van der Waals surface area (Å²) in [6.45, 7) is 4.61. The molecule has 11 heteroatoms. The number of likely N-dealkylation sites (N-methyl/N-ethyl adjacent to an activating group) is 1. The SMILES string of the molecule is CCOC(=O)C1=C(CN2CCN(C(=O)c3cccs3)CC2)N(C)C(=O)NC1c1ccc(Cl)cc1Cl. The number of thiophene rings is 1. The monoisotopic (exact) mass is 536 g/mol. The molecule has 4 rings (SSSR count). The number of rotatable bonds is 6. The Labute approximate surface area is 218 Å². The Kier molecular flexibility index (Phi) is 8.01. The molecule has 1 atom stereocenters. The average Bonchev–Trinajstić information content (AvgIpc) is 3.37. The lowest BCUT2D eigenvalue weighted by Gasteiger charge is -2.39. The van der Waals surface area contributed by atoms with Crippen LogP contribution in [-0.2, 0) is 9.53 Å². The van der Waals surface area contributed by atoms with Crippen LogP contribution in [0.1, 0.15) is 28.2 Å². The van der Waals surface area contributed by atoms with E-state index in [1.807, 2.05) is 22.4 Å². The van der Waals surface area contributed by atoms with Crippen molar-refractivity contribution in [2.45, 2.75) is 13.0 Å². The van der Waals surface area contributed by atoms with Crippen LogP contribution in [0.25, 0.3) is 0 Å². The minimum Gasteiger partial charge on any atom is -0.463 e. The number of carbonyl (C=O) groups is 3. The quantitative estimate of drug-likeness (QED) is 0.563. The van der Waals surface area contributed by atoms with Crippen molar-refractivity contribution in [1.82, 2.24) is 20.0 Å². The van der Waals surface area contributed by atoms with Crippen LogP contribution >= 0.6 is 34.5 Å². The van der Waals surface area contributed by atoms with E-state index in [9.17, 15) is 14.4 Å². The minimum absolute atomic E-state index is 0.0256. The van der Waals surface area contributed by atoms with Gasteiger partial charge in [-0.15, -0.1) is 11.3 Å². The van der Waals surface area contributed by atoms with Gasteiger partial charge in [0.2, 0.25) is 0 Å². The molecule has 2 aromatic rings. The molecule has 3 heterocycles. The molecule has 1 aromatic carbocycles. The van der Waals surface area contributed by atoms with Crippen LogP contribution in [0.2, 0.25) is 10.0 Å². The van der Waals surface area contributed by atoms with Gasteiger partial charge in [-0.2, -0.15) is 0 Å². The van der Waals surface area contributed by atoms with Crippen LogP contribution in [0, 0.1) is 0 Å². The number of nitrogens with one attached hydrogen (secondary N) is 1. The second-order valence-corrected chi connectivity index (χ2v) is 10.0. The Morgan fingerprint density at radius 1 is 1.17 bits per heavy atom. The molecular formula is C24H26Cl2N4O4S. The Morgan fingerprint density at radius 3 is 2.54 bits per heavy atom. The molecule has 1 fully saturated rings. The van der Waals surface area contributed by atoms with Crippen LogP contribution in [0.3, 0.4) is 0 Å². The number of halogens is 2. The normalized spacial score (nSPS) is 19.1. The minimum atomic E-state index is -0.779. The summed E-state index contributed by atoms with van der Waals surface area (Å²) in [5.74, 6) is -0.491. The summed E-state index contributed by atoms with van der Waals surface area (Å²) in [5, 5.41) is 5.55. The van der Waals surface area contributed by atoms with Gasteiger partial charge in [0.15, 0.2) is 0 Å². The summed E-state index contributed by atoms with van der Waals surface area (Å²) < 4.78 is 5.38. The Hall–Kier alpha value is -2.59. The molecule has 186 valence electrons. The van der Waals surface area contributed by atoms with Crippen molar-refractivity contribution >= 4 is 52.4 Å².